The third-order valence-corrected chi connectivity index (χ3v) is 5.82. The molecule has 0 aromatic heterocycles. The lowest BCUT2D eigenvalue weighted by molar-refractivity contribution is -0.0809. The average molecular weight is 469 g/mol. The second-order valence-corrected chi connectivity index (χ2v) is 8.61. The van der Waals surface area contributed by atoms with Crippen molar-refractivity contribution in [3.8, 4) is 11.5 Å². The van der Waals surface area contributed by atoms with Crippen molar-refractivity contribution in [2.75, 3.05) is 13.2 Å². The Morgan fingerprint density at radius 2 is 1.41 bits per heavy atom. The van der Waals surface area contributed by atoms with Gasteiger partial charge in [0.15, 0.2) is 5.78 Å². The van der Waals surface area contributed by atoms with Gasteiger partial charge in [0, 0.05) is 17.5 Å². The highest BCUT2D eigenvalue weighted by Crippen LogP contribution is 2.20. The standard InChI is InChI=1S/C28H36O6/c1-2-3-4-5-6-7-8-9-20-31-24-16-12-22(13-17-24)27(29)23-14-18-25(19-15-23)33-28(30)34-26-11-10-21-32-26/h12-19,26H,2-11,20-21H2,1H3/t26-/m1/s1. The fourth-order valence-electron chi connectivity index (χ4n) is 3.84. The van der Waals surface area contributed by atoms with Crippen LogP contribution in [0.15, 0.2) is 48.5 Å². The molecule has 0 saturated carbocycles. The van der Waals surface area contributed by atoms with Crippen LogP contribution in [0.2, 0.25) is 0 Å². The first-order valence-corrected chi connectivity index (χ1v) is 12.5. The van der Waals surface area contributed by atoms with Crippen LogP contribution in [-0.4, -0.2) is 31.4 Å². The molecular formula is C28H36O6. The van der Waals surface area contributed by atoms with Gasteiger partial charge in [0.2, 0.25) is 6.29 Å². The van der Waals surface area contributed by atoms with E-state index in [9.17, 15) is 9.59 Å². The molecule has 0 bridgehead atoms. The van der Waals surface area contributed by atoms with E-state index in [1.165, 1.54) is 44.9 Å². The quantitative estimate of drug-likeness (QED) is 0.128. The van der Waals surface area contributed by atoms with E-state index in [0.29, 0.717) is 36.5 Å². The lowest BCUT2D eigenvalue weighted by atomic mass is 10.0. The first kappa shape index (κ1) is 25.8. The Bertz CT molecular complexity index is 869. The van der Waals surface area contributed by atoms with Crippen molar-refractivity contribution in [3.63, 3.8) is 0 Å². The van der Waals surface area contributed by atoms with Crippen LogP contribution < -0.4 is 9.47 Å². The zero-order valence-corrected chi connectivity index (χ0v) is 20.1. The molecule has 1 aliphatic rings. The van der Waals surface area contributed by atoms with Gasteiger partial charge in [0.25, 0.3) is 0 Å². The monoisotopic (exact) mass is 468 g/mol. The highest BCUT2D eigenvalue weighted by Gasteiger charge is 2.21. The number of hydrogen-bond acceptors (Lipinski definition) is 6. The molecule has 0 amide bonds. The van der Waals surface area contributed by atoms with Crippen LogP contribution in [0.25, 0.3) is 0 Å². The van der Waals surface area contributed by atoms with Gasteiger partial charge in [-0.05, 0) is 61.4 Å². The Balaban J connectivity index is 1.37. The van der Waals surface area contributed by atoms with Crippen LogP contribution in [0.1, 0.15) is 87.1 Å². The van der Waals surface area contributed by atoms with E-state index in [1.807, 2.05) is 12.1 Å². The van der Waals surface area contributed by atoms with Crippen molar-refractivity contribution in [2.24, 2.45) is 0 Å². The first-order chi connectivity index (χ1) is 16.7. The Labute approximate surface area is 202 Å². The van der Waals surface area contributed by atoms with Crippen LogP contribution in [-0.2, 0) is 9.47 Å². The number of rotatable bonds is 14. The van der Waals surface area contributed by atoms with E-state index < -0.39 is 12.4 Å². The highest BCUT2D eigenvalue weighted by molar-refractivity contribution is 6.09. The highest BCUT2D eigenvalue weighted by atomic mass is 16.8. The molecule has 1 heterocycles. The van der Waals surface area contributed by atoms with E-state index in [1.54, 1.807) is 36.4 Å². The number of ketones is 1. The molecule has 0 radical (unpaired) electrons. The molecule has 1 aliphatic heterocycles. The van der Waals surface area contributed by atoms with Crippen LogP contribution in [0, 0.1) is 0 Å². The van der Waals surface area contributed by atoms with Crippen molar-refractivity contribution >= 4 is 11.9 Å². The molecule has 0 spiro atoms. The smallest absolute Gasteiger partial charge is 0.494 e. The number of benzene rings is 2. The van der Waals surface area contributed by atoms with Crippen LogP contribution in [0.3, 0.4) is 0 Å². The Morgan fingerprint density at radius 1 is 0.824 bits per heavy atom. The summed E-state index contributed by atoms with van der Waals surface area (Å²) in [7, 11) is 0. The van der Waals surface area contributed by atoms with E-state index in [4.69, 9.17) is 18.9 Å². The summed E-state index contributed by atoms with van der Waals surface area (Å²) < 4.78 is 21.3. The summed E-state index contributed by atoms with van der Waals surface area (Å²) >= 11 is 0. The summed E-state index contributed by atoms with van der Waals surface area (Å²) in [5.41, 5.74) is 1.08. The summed E-state index contributed by atoms with van der Waals surface area (Å²) in [6.07, 6.45) is 10.3. The molecule has 1 saturated heterocycles. The van der Waals surface area contributed by atoms with Crippen LogP contribution in [0.4, 0.5) is 4.79 Å². The second kappa shape index (κ2) is 14.4. The fourth-order valence-corrected chi connectivity index (χ4v) is 3.84. The molecular weight excluding hydrogens is 432 g/mol. The predicted octanol–water partition coefficient (Wildman–Crippen LogP) is 7.09. The van der Waals surface area contributed by atoms with Crippen molar-refractivity contribution in [2.45, 2.75) is 77.4 Å². The molecule has 0 unspecified atom stereocenters. The maximum absolute atomic E-state index is 12.8. The SMILES string of the molecule is CCCCCCCCCCOc1ccc(C(=O)c2ccc(OC(=O)O[C@@H]3CCCO3)cc2)cc1. The minimum Gasteiger partial charge on any atom is -0.494 e. The molecule has 3 rings (SSSR count). The van der Waals surface area contributed by atoms with Gasteiger partial charge in [-0.3, -0.25) is 4.79 Å². The van der Waals surface area contributed by atoms with Gasteiger partial charge < -0.3 is 18.9 Å². The second-order valence-electron chi connectivity index (χ2n) is 8.61. The molecule has 6 heteroatoms. The average Bonchev–Trinajstić information content (AvgIpc) is 3.36. The number of ether oxygens (including phenoxy) is 4. The fraction of sp³-hybridized carbons (Fsp3) is 0.500. The maximum atomic E-state index is 12.8. The number of carbonyl (C=O) groups is 2. The number of carbonyl (C=O) groups excluding carboxylic acids is 2. The minimum absolute atomic E-state index is 0.108. The van der Waals surface area contributed by atoms with Crippen molar-refractivity contribution in [1.82, 2.24) is 0 Å². The minimum atomic E-state index is -0.812. The van der Waals surface area contributed by atoms with Gasteiger partial charge >= 0.3 is 6.16 Å². The van der Waals surface area contributed by atoms with Gasteiger partial charge in [-0.25, -0.2) is 4.79 Å². The normalized spacial score (nSPS) is 15.1. The Hall–Kier alpha value is -2.86. The zero-order valence-electron chi connectivity index (χ0n) is 20.1. The molecule has 6 nitrogen and oxygen atoms in total. The third kappa shape index (κ3) is 8.82. The lowest BCUT2D eigenvalue weighted by Gasteiger charge is -2.11. The molecule has 184 valence electrons. The van der Waals surface area contributed by atoms with Gasteiger partial charge in [-0.1, -0.05) is 51.9 Å². The van der Waals surface area contributed by atoms with E-state index in [0.717, 1.165) is 18.6 Å². The molecule has 0 aliphatic carbocycles. The van der Waals surface area contributed by atoms with Gasteiger partial charge in [-0.15, -0.1) is 0 Å². The molecule has 34 heavy (non-hydrogen) atoms. The van der Waals surface area contributed by atoms with Crippen LogP contribution in [0.5, 0.6) is 11.5 Å². The predicted molar refractivity (Wildman–Crippen MR) is 131 cm³/mol. The van der Waals surface area contributed by atoms with Gasteiger partial charge in [0.05, 0.1) is 13.2 Å². The summed E-state index contributed by atoms with van der Waals surface area (Å²) in [6.45, 7) is 3.52. The van der Waals surface area contributed by atoms with E-state index in [2.05, 4.69) is 6.92 Å². The molecule has 2 aromatic carbocycles. The maximum Gasteiger partial charge on any atom is 0.516 e. The number of hydrogen-bond donors (Lipinski definition) is 0. The number of unbranched alkanes of at least 4 members (excludes halogenated alkanes) is 7. The lowest BCUT2D eigenvalue weighted by Crippen LogP contribution is -2.19. The topological polar surface area (TPSA) is 71.1 Å². The largest absolute Gasteiger partial charge is 0.516 e. The molecule has 1 atom stereocenters. The Kier molecular flexibility index (Phi) is 10.9. The third-order valence-electron chi connectivity index (χ3n) is 5.82. The van der Waals surface area contributed by atoms with Crippen molar-refractivity contribution in [3.05, 3.63) is 59.7 Å². The summed E-state index contributed by atoms with van der Waals surface area (Å²) in [4.78, 5) is 24.6. The van der Waals surface area contributed by atoms with Crippen molar-refractivity contribution in [1.29, 1.82) is 0 Å². The van der Waals surface area contributed by atoms with E-state index in [-0.39, 0.29) is 5.78 Å². The summed E-state index contributed by atoms with van der Waals surface area (Å²) in [5.74, 6) is 0.973. The van der Waals surface area contributed by atoms with Gasteiger partial charge in [-0.2, -0.15) is 0 Å². The molecule has 1 fully saturated rings. The van der Waals surface area contributed by atoms with Crippen LogP contribution >= 0.6 is 0 Å². The first-order valence-electron chi connectivity index (χ1n) is 12.5. The zero-order chi connectivity index (χ0) is 24.0. The Morgan fingerprint density at radius 3 is 2.00 bits per heavy atom. The summed E-state index contributed by atoms with van der Waals surface area (Å²) in [6, 6.07) is 13.6. The molecule has 0 N–H and O–H groups in total. The summed E-state index contributed by atoms with van der Waals surface area (Å²) in [5, 5.41) is 0. The molecule has 2 aromatic rings. The van der Waals surface area contributed by atoms with Crippen molar-refractivity contribution < 1.29 is 28.5 Å². The van der Waals surface area contributed by atoms with E-state index >= 15 is 0 Å². The van der Waals surface area contributed by atoms with Gasteiger partial charge in [0.1, 0.15) is 11.5 Å².